The molecular weight excluding hydrogens is 254 g/mol. The van der Waals surface area contributed by atoms with Crippen LogP contribution in [0.15, 0.2) is 23.0 Å². The van der Waals surface area contributed by atoms with Gasteiger partial charge in [-0.1, -0.05) is 6.07 Å². The topological polar surface area (TPSA) is 69.0 Å². The molecule has 0 aliphatic rings. The summed E-state index contributed by atoms with van der Waals surface area (Å²) in [6.07, 6.45) is 0.335. The molecule has 0 spiro atoms. The number of alkyl halides is 1. The second-order valence-corrected chi connectivity index (χ2v) is 4.53. The van der Waals surface area contributed by atoms with Crippen molar-refractivity contribution in [1.29, 1.82) is 0 Å². The van der Waals surface area contributed by atoms with Crippen LogP contribution in [0, 0.1) is 0 Å². The number of imidazole rings is 1. The van der Waals surface area contributed by atoms with E-state index in [2.05, 4.69) is 9.97 Å². The summed E-state index contributed by atoms with van der Waals surface area (Å²) in [5, 5.41) is 0. The maximum atomic E-state index is 11.6. The lowest BCUT2D eigenvalue weighted by Crippen LogP contribution is -2.26. The molecule has 0 fully saturated rings. The zero-order valence-electron chi connectivity index (χ0n) is 10.00. The van der Waals surface area contributed by atoms with Gasteiger partial charge in [-0.25, -0.2) is 4.79 Å². The molecule has 0 atom stereocenters. The van der Waals surface area contributed by atoms with Gasteiger partial charge in [-0.05, 0) is 17.7 Å². The molecule has 0 aliphatic carbocycles. The molecule has 1 aromatic heterocycles. The van der Waals surface area contributed by atoms with E-state index in [1.54, 1.807) is 11.9 Å². The fourth-order valence-corrected chi connectivity index (χ4v) is 1.97. The lowest BCUT2D eigenvalue weighted by atomic mass is 10.2. The number of H-pyrrole nitrogens is 2. The van der Waals surface area contributed by atoms with E-state index < -0.39 is 0 Å². The van der Waals surface area contributed by atoms with Gasteiger partial charge >= 0.3 is 5.69 Å². The molecule has 5 nitrogen and oxygen atoms in total. The number of hydrogen-bond acceptors (Lipinski definition) is 2. The number of rotatable bonds is 4. The number of fused-ring (bicyclic) bond motifs is 1. The highest BCUT2D eigenvalue weighted by Crippen LogP contribution is 2.12. The first-order valence-corrected chi connectivity index (χ1v) is 6.14. The Labute approximate surface area is 109 Å². The summed E-state index contributed by atoms with van der Waals surface area (Å²) < 4.78 is 0. The van der Waals surface area contributed by atoms with Gasteiger partial charge in [-0.3, -0.25) is 4.79 Å². The van der Waals surface area contributed by atoms with E-state index >= 15 is 0 Å². The first-order chi connectivity index (χ1) is 8.60. The van der Waals surface area contributed by atoms with Gasteiger partial charge in [-0.2, -0.15) is 0 Å². The highest BCUT2D eigenvalue weighted by Gasteiger charge is 2.09. The van der Waals surface area contributed by atoms with Gasteiger partial charge in [0.25, 0.3) is 0 Å². The molecule has 0 aliphatic heterocycles. The number of carbonyl (C=O) groups is 1. The number of nitrogens with zero attached hydrogens (tertiary/aromatic N) is 1. The molecule has 18 heavy (non-hydrogen) atoms. The molecule has 1 aromatic carbocycles. The Hall–Kier alpha value is -1.75. The van der Waals surface area contributed by atoms with E-state index in [4.69, 9.17) is 11.6 Å². The zero-order chi connectivity index (χ0) is 13.1. The van der Waals surface area contributed by atoms with Crippen LogP contribution in [0.4, 0.5) is 0 Å². The summed E-state index contributed by atoms with van der Waals surface area (Å²) >= 11 is 5.53. The molecule has 2 N–H and O–H groups in total. The Bertz CT molecular complexity index is 617. The SMILES string of the molecule is CN(Cc1ccc2[nH]c(=O)[nH]c2c1)C(=O)CCCl. The minimum atomic E-state index is -0.228. The first-order valence-electron chi connectivity index (χ1n) is 5.61. The van der Waals surface area contributed by atoms with Crippen LogP contribution in [-0.2, 0) is 11.3 Å². The van der Waals surface area contributed by atoms with E-state index in [1.165, 1.54) is 0 Å². The zero-order valence-corrected chi connectivity index (χ0v) is 10.8. The van der Waals surface area contributed by atoms with Crippen molar-refractivity contribution in [3.8, 4) is 0 Å². The van der Waals surface area contributed by atoms with Gasteiger partial charge in [0, 0.05) is 25.9 Å². The van der Waals surface area contributed by atoms with Gasteiger partial charge in [0.05, 0.1) is 11.0 Å². The molecule has 6 heteroatoms. The number of hydrogen-bond donors (Lipinski definition) is 2. The predicted octanol–water partition coefficient (Wildman–Crippen LogP) is 1.44. The minimum absolute atomic E-state index is 0.00709. The standard InChI is InChI=1S/C12H14ClN3O2/c1-16(11(17)4-5-13)7-8-2-3-9-10(6-8)15-12(18)14-9/h2-3,6H,4-5,7H2,1H3,(H2,14,15,18). The summed E-state index contributed by atoms with van der Waals surface area (Å²) in [6.45, 7) is 0.499. The van der Waals surface area contributed by atoms with Gasteiger partial charge in [0.15, 0.2) is 0 Å². The van der Waals surface area contributed by atoms with Crippen LogP contribution >= 0.6 is 11.6 Å². The average Bonchev–Trinajstić information content (AvgIpc) is 2.68. The van der Waals surface area contributed by atoms with E-state index in [9.17, 15) is 9.59 Å². The quantitative estimate of drug-likeness (QED) is 0.823. The molecule has 2 aromatic rings. The second-order valence-electron chi connectivity index (χ2n) is 4.15. The predicted molar refractivity (Wildman–Crippen MR) is 70.7 cm³/mol. The first kappa shape index (κ1) is 12.7. The smallest absolute Gasteiger partial charge is 0.323 e. The maximum Gasteiger partial charge on any atom is 0.323 e. The normalized spacial score (nSPS) is 10.8. The Morgan fingerprint density at radius 1 is 1.33 bits per heavy atom. The molecule has 0 bridgehead atoms. The number of nitrogens with one attached hydrogen (secondary N) is 2. The molecule has 1 amide bonds. The summed E-state index contributed by atoms with van der Waals surface area (Å²) in [5.41, 5.74) is 2.24. The van der Waals surface area contributed by atoms with Crippen LogP contribution in [-0.4, -0.2) is 33.7 Å². The Balaban J connectivity index is 2.16. The van der Waals surface area contributed by atoms with Crippen LogP contribution < -0.4 is 5.69 Å². The van der Waals surface area contributed by atoms with E-state index in [-0.39, 0.29) is 11.6 Å². The Morgan fingerprint density at radius 3 is 2.78 bits per heavy atom. The largest absolute Gasteiger partial charge is 0.341 e. The van der Waals surface area contributed by atoms with Gasteiger partial charge < -0.3 is 14.9 Å². The van der Waals surface area contributed by atoms with Crippen molar-refractivity contribution in [2.45, 2.75) is 13.0 Å². The van der Waals surface area contributed by atoms with Crippen LogP contribution in [0.1, 0.15) is 12.0 Å². The maximum absolute atomic E-state index is 11.6. The van der Waals surface area contributed by atoms with Gasteiger partial charge in [0.2, 0.25) is 5.91 Å². The molecule has 96 valence electrons. The van der Waals surface area contributed by atoms with Crippen molar-refractivity contribution >= 4 is 28.5 Å². The minimum Gasteiger partial charge on any atom is -0.341 e. The summed E-state index contributed by atoms with van der Waals surface area (Å²) in [7, 11) is 1.74. The van der Waals surface area contributed by atoms with Crippen molar-refractivity contribution < 1.29 is 4.79 Å². The van der Waals surface area contributed by atoms with Crippen molar-refractivity contribution in [2.24, 2.45) is 0 Å². The molecule has 0 unspecified atom stereocenters. The molecule has 0 saturated carbocycles. The summed E-state index contributed by atoms with van der Waals surface area (Å²) in [5.74, 6) is 0.334. The van der Waals surface area contributed by atoms with Crippen LogP contribution in [0.2, 0.25) is 0 Å². The third-order valence-electron chi connectivity index (χ3n) is 2.73. The monoisotopic (exact) mass is 267 g/mol. The number of aromatic nitrogens is 2. The van der Waals surface area contributed by atoms with Crippen molar-refractivity contribution in [1.82, 2.24) is 14.9 Å². The van der Waals surface area contributed by atoms with Crippen molar-refractivity contribution in [3.63, 3.8) is 0 Å². The fraction of sp³-hybridized carbons (Fsp3) is 0.333. The number of halogens is 1. The number of amides is 1. The van der Waals surface area contributed by atoms with E-state index in [0.717, 1.165) is 16.6 Å². The molecular formula is C12H14ClN3O2. The van der Waals surface area contributed by atoms with Gasteiger partial charge in [-0.15, -0.1) is 11.6 Å². The lowest BCUT2D eigenvalue weighted by molar-refractivity contribution is -0.129. The number of aromatic amines is 2. The third kappa shape index (κ3) is 2.73. The second kappa shape index (κ2) is 5.27. The van der Waals surface area contributed by atoms with Crippen molar-refractivity contribution in [3.05, 3.63) is 34.2 Å². The Kier molecular flexibility index (Phi) is 3.72. The molecule has 2 rings (SSSR count). The summed E-state index contributed by atoms with van der Waals surface area (Å²) in [4.78, 5) is 29.7. The van der Waals surface area contributed by atoms with Gasteiger partial charge in [0.1, 0.15) is 0 Å². The Morgan fingerprint density at radius 2 is 2.06 bits per heavy atom. The average molecular weight is 268 g/mol. The highest BCUT2D eigenvalue weighted by atomic mass is 35.5. The van der Waals surface area contributed by atoms with E-state index in [1.807, 2.05) is 18.2 Å². The third-order valence-corrected chi connectivity index (χ3v) is 2.92. The van der Waals surface area contributed by atoms with Crippen LogP contribution in [0.5, 0.6) is 0 Å². The number of carbonyl (C=O) groups excluding carboxylic acids is 1. The summed E-state index contributed by atoms with van der Waals surface area (Å²) in [6, 6.07) is 5.57. The molecule has 1 heterocycles. The van der Waals surface area contributed by atoms with Crippen molar-refractivity contribution in [2.75, 3.05) is 12.9 Å². The molecule has 0 radical (unpaired) electrons. The fourth-order valence-electron chi connectivity index (χ4n) is 1.81. The molecule has 0 saturated heterocycles. The van der Waals surface area contributed by atoms with E-state index in [0.29, 0.717) is 18.8 Å². The van der Waals surface area contributed by atoms with Crippen LogP contribution in [0.25, 0.3) is 11.0 Å². The van der Waals surface area contributed by atoms with Crippen LogP contribution in [0.3, 0.4) is 0 Å². The highest BCUT2D eigenvalue weighted by molar-refractivity contribution is 6.18. The lowest BCUT2D eigenvalue weighted by Gasteiger charge is -2.16. The number of benzene rings is 1.